The van der Waals surface area contributed by atoms with Crippen molar-refractivity contribution in [3.63, 3.8) is 0 Å². The molecule has 0 aromatic carbocycles. The molecular formula is C12H22N2O3. The van der Waals surface area contributed by atoms with Gasteiger partial charge < -0.3 is 15.3 Å². The van der Waals surface area contributed by atoms with Gasteiger partial charge >= 0.3 is 12.0 Å². The van der Waals surface area contributed by atoms with E-state index in [0.29, 0.717) is 5.92 Å². The number of amides is 2. The van der Waals surface area contributed by atoms with Crippen LogP contribution in [0.3, 0.4) is 0 Å². The van der Waals surface area contributed by atoms with Gasteiger partial charge in [-0.15, -0.1) is 0 Å². The first-order valence-electron chi connectivity index (χ1n) is 6.19. The van der Waals surface area contributed by atoms with E-state index in [1.165, 1.54) is 0 Å². The molecule has 0 aromatic rings. The third-order valence-electron chi connectivity index (χ3n) is 3.23. The van der Waals surface area contributed by atoms with Crippen LogP contribution in [-0.2, 0) is 4.79 Å². The first-order valence-corrected chi connectivity index (χ1v) is 6.19. The van der Waals surface area contributed by atoms with Crippen molar-refractivity contribution in [3.8, 4) is 0 Å². The molecule has 1 heterocycles. The molecule has 5 heteroatoms. The molecule has 0 saturated carbocycles. The highest BCUT2D eigenvalue weighted by molar-refractivity contribution is 5.76. The second kappa shape index (κ2) is 5.89. The molecule has 1 aliphatic rings. The third-order valence-corrected chi connectivity index (χ3v) is 3.23. The highest BCUT2D eigenvalue weighted by Crippen LogP contribution is 2.21. The van der Waals surface area contributed by atoms with E-state index >= 15 is 0 Å². The summed E-state index contributed by atoms with van der Waals surface area (Å²) >= 11 is 0. The van der Waals surface area contributed by atoms with Crippen molar-refractivity contribution < 1.29 is 14.7 Å². The van der Waals surface area contributed by atoms with Crippen LogP contribution in [0.2, 0.25) is 0 Å². The lowest BCUT2D eigenvalue weighted by Crippen LogP contribution is -2.51. The van der Waals surface area contributed by atoms with Gasteiger partial charge in [-0.3, -0.25) is 4.79 Å². The zero-order valence-corrected chi connectivity index (χ0v) is 10.8. The fourth-order valence-electron chi connectivity index (χ4n) is 2.18. The summed E-state index contributed by atoms with van der Waals surface area (Å²) in [5.74, 6) is -0.371. The Morgan fingerprint density at radius 3 is 2.65 bits per heavy atom. The molecule has 0 radical (unpaired) electrons. The van der Waals surface area contributed by atoms with Gasteiger partial charge in [0, 0.05) is 18.6 Å². The zero-order valence-electron chi connectivity index (χ0n) is 10.8. The van der Waals surface area contributed by atoms with E-state index in [4.69, 9.17) is 5.11 Å². The average Bonchev–Trinajstić information content (AvgIpc) is 2.20. The van der Waals surface area contributed by atoms with Crippen molar-refractivity contribution in [2.75, 3.05) is 6.54 Å². The van der Waals surface area contributed by atoms with Crippen molar-refractivity contribution >= 4 is 12.0 Å². The van der Waals surface area contributed by atoms with Gasteiger partial charge in [0.15, 0.2) is 0 Å². The molecular weight excluding hydrogens is 220 g/mol. The summed E-state index contributed by atoms with van der Waals surface area (Å²) in [7, 11) is 0. The maximum absolute atomic E-state index is 12.0. The molecule has 3 atom stereocenters. The van der Waals surface area contributed by atoms with Gasteiger partial charge in [-0.25, -0.2) is 4.79 Å². The molecule has 2 amide bonds. The van der Waals surface area contributed by atoms with E-state index in [9.17, 15) is 9.59 Å². The van der Waals surface area contributed by atoms with Gasteiger partial charge in [0.1, 0.15) is 0 Å². The molecule has 17 heavy (non-hydrogen) atoms. The quantitative estimate of drug-likeness (QED) is 0.791. The van der Waals surface area contributed by atoms with Crippen LogP contribution in [0.4, 0.5) is 4.79 Å². The Morgan fingerprint density at radius 1 is 1.41 bits per heavy atom. The number of hydrogen-bond acceptors (Lipinski definition) is 2. The van der Waals surface area contributed by atoms with E-state index in [0.717, 1.165) is 19.4 Å². The normalized spacial score (nSPS) is 26.4. The number of rotatable bonds is 3. The van der Waals surface area contributed by atoms with Gasteiger partial charge in [0.05, 0.1) is 6.42 Å². The molecule has 0 spiro atoms. The van der Waals surface area contributed by atoms with Gasteiger partial charge in [-0.05, 0) is 32.6 Å². The number of likely N-dealkylation sites (tertiary alicyclic amines) is 1. The Hall–Kier alpha value is -1.26. The van der Waals surface area contributed by atoms with Crippen molar-refractivity contribution in [2.24, 2.45) is 5.92 Å². The minimum Gasteiger partial charge on any atom is -0.481 e. The molecule has 0 aliphatic carbocycles. The van der Waals surface area contributed by atoms with Crippen LogP contribution in [-0.4, -0.2) is 40.6 Å². The molecule has 1 saturated heterocycles. The number of carboxylic acid groups (broad SMARTS) is 1. The first-order chi connectivity index (χ1) is 7.90. The number of nitrogens with one attached hydrogen (secondary N) is 1. The maximum Gasteiger partial charge on any atom is 0.317 e. The van der Waals surface area contributed by atoms with E-state index in [1.807, 2.05) is 11.8 Å². The summed E-state index contributed by atoms with van der Waals surface area (Å²) in [6.07, 6.45) is 2.13. The lowest BCUT2D eigenvalue weighted by molar-refractivity contribution is -0.137. The highest BCUT2D eigenvalue weighted by Gasteiger charge is 2.27. The smallest absolute Gasteiger partial charge is 0.317 e. The monoisotopic (exact) mass is 242 g/mol. The Morgan fingerprint density at radius 2 is 2.06 bits per heavy atom. The van der Waals surface area contributed by atoms with Crippen LogP contribution in [0.5, 0.6) is 0 Å². The predicted molar refractivity (Wildman–Crippen MR) is 64.8 cm³/mol. The predicted octanol–water partition coefficient (Wildman–Crippen LogP) is 1.68. The molecule has 5 nitrogen and oxygen atoms in total. The number of carboxylic acids is 1. The summed E-state index contributed by atoms with van der Waals surface area (Å²) in [4.78, 5) is 24.3. The van der Waals surface area contributed by atoms with Gasteiger partial charge in [-0.1, -0.05) is 6.92 Å². The number of hydrogen-bond donors (Lipinski definition) is 2. The van der Waals surface area contributed by atoms with Crippen LogP contribution in [0.25, 0.3) is 0 Å². The fraction of sp³-hybridized carbons (Fsp3) is 0.833. The molecule has 98 valence electrons. The molecule has 3 unspecified atom stereocenters. The molecule has 1 aliphatic heterocycles. The minimum atomic E-state index is -0.891. The summed E-state index contributed by atoms with van der Waals surface area (Å²) in [5.41, 5.74) is 0. The molecule has 1 fully saturated rings. The van der Waals surface area contributed by atoms with Crippen LogP contribution < -0.4 is 5.32 Å². The number of piperidine rings is 1. The fourth-order valence-corrected chi connectivity index (χ4v) is 2.18. The maximum atomic E-state index is 12.0. The first kappa shape index (κ1) is 13.8. The van der Waals surface area contributed by atoms with Crippen LogP contribution in [0.1, 0.15) is 40.0 Å². The molecule has 0 aromatic heterocycles. The SMILES string of the molecule is CC1CCC(C)N(C(=O)NC(C)CC(=O)O)C1. The van der Waals surface area contributed by atoms with Gasteiger partial charge in [0.2, 0.25) is 0 Å². The number of carbonyl (C=O) groups excluding carboxylic acids is 1. The van der Waals surface area contributed by atoms with Crippen molar-refractivity contribution in [1.29, 1.82) is 0 Å². The van der Waals surface area contributed by atoms with Gasteiger partial charge in [-0.2, -0.15) is 0 Å². The van der Waals surface area contributed by atoms with E-state index in [1.54, 1.807) is 6.92 Å². The number of nitrogens with zero attached hydrogens (tertiary/aromatic N) is 1. The topological polar surface area (TPSA) is 69.6 Å². The van der Waals surface area contributed by atoms with Crippen LogP contribution >= 0.6 is 0 Å². The Bertz CT molecular complexity index is 293. The number of urea groups is 1. The Balaban J connectivity index is 2.48. The third kappa shape index (κ3) is 4.24. The Kier molecular flexibility index (Phi) is 4.78. The molecule has 1 rings (SSSR count). The summed E-state index contributed by atoms with van der Waals surface area (Å²) in [5, 5.41) is 11.4. The largest absolute Gasteiger partial charge is 0.481 e. The molecule has 2 N–H and O–H groups in total. The number of aliphatic carboxylic acids is 1. The molecule has 0 bridgehead atoms. The zero-order chi connectivity index (χ0) is 13.0. The van der Waals surface area contributed by atoms with Crippen LogP contribution in [0, 0.1) is 5.92 Å². The summed E-state index contributed by atoms with van der Waals surface area (Å²) < 4.78 is 0. The van der Waals surface area contributed by atoms with E-state index < -0.39 is 5.97 Å². The lowest BCUT2D eigenvalue weighted by atomic mass is 9.95. The van der Waals surface area contributed by atoms with Crippen LogP contribution in [0.15, 0.2) is 0 Å². The summed E-state index contributed by atoms with van der Waals surface area (Å²) in [6.45, 7) is 6.64. The minimum absolute atomic E-state index is 0.0382. The van der Waals surface area contributed by atoms with E-state index in [-0.39, 0.29) is 24.5 Å². The average molecular weight is 242 g/mol. The standard InChI is InChI=1S/C12H22N2O3/c1-8-4-5-10(3)14(7-8)12(17)13-9(2)6-11(15)16/h8-10H,4-7H2,1-3H3,(H,13,17)(H,15,16). The van der Waals surface area contributed by atoms with Crippen molar-refractivity contribution in [2.45, 2.75) is 52.1 Å². The lowest BCUT2D eigenvalue weighted by Gasteiger charge is -2.37. The van der Waals surface area contributed by atoms with Crippen molar-refractivity contribution in [3.05, 3.63) is 0 Å². The second-order valence-corrected chi connectivity index (χ2v) is 5.13. The Labute approximate surface area is 102 Å². The van der Waals surface area contributed by atoms with Gasteiger partial charge in [0.25, 0.3) is 0 Å². The van der Waals surface area contributed by atoms with E-state index in [2.05, 4.69) is 12.2 Å². The van der Waals surface area contributed by atoms with Crippen molar-refractivity contribution in [1.82, 2.24) is 10.2 Å². The number of carbonyl (C=O) groups is 2. The second-order valence-electron chi connectivity index (χ2n) is 5.13. The summed E-state index contributed by atoms with van der Waals surface area (Å²) in [6, 6.07) is -0.231. The highest BCUT2D eigenvalue weighted by atomic mass is 16.4.